The lowest BCUT2D eigenvalue weighted by molar-refractivity contribution is 2.50. The zero-order valence-electron chi connectivity index (χ0n) is 3.63. The van der Waals surface area contributed by atoms with Crippen LogP contribution in [0, 0.1) is 0 Å². The van der Waals surface area contributed by atoms with E-state index in [2.05, 4.69) is 33.5 Å². The van der Waals surface area contributed by atoms with Gasteiger partial charge in [-0.05, 0) is 13.7 Å². The first-order chi connectivity index (χ1) is 2.64. The minimum atomic E-state index is 0.202. The van der Waals surface area contributed by atoms with E-state index in [0.29, 0.717) is 0 Å². The first-order valence-corrected chi connectivity index (χ1v) is 10.1. The van der Waals surface area contributed by atoms with Gasteiger partial charge in [0.2, 0.25) is 0 Å². The van der Waals surface area contributed by atoms with Gasteiger partial charge in [-0.15, -0.1) is 26.8 Å². The monoisotopic (exact) mass is 176 g/mol. The Hall–Kier alpha value is 2.15. The van der Waals surface area contributed by atoms with E-state index in [1.165, 1.54) is 0 Å². The fourth-order valence-electron chi connectivity index (χ4n) is 0. The molecule has 0 aromatic carbocycles. The molecule has 6 heavy (non-hydrogen) atoms. The summed E-state index contributed by atoms with van der Waals surface area (Å²) in [7, 11) is 8.69. The van der Waals surface area contributed by atoms with Crippen molar-refractivity contribution < 1.29 is 0 Å². The van der Waals surface area contributed by atoms with Crippen LogP contribution in [-0.4, -0.2) is 6.66 Å². The number of rotatable bonds is 1. The van der Waals surface area contributed by atoms with Crippen molar-refractivity contribution in [3.63, 3.8) is 0 Å². The molecule has 4 atom stereocenters. The van der Waals surface area contributed by atoms with Crippen molar-refractivity contribution in [2.45, 2.75) is 0 Å². The smallest absolute Gasteiger partial charge is 0.0365 e. The second-order valence-electron chi connectivity index (χ2n) is 0.954. The van der Waals surface area contributed by atoms with Gasteiger partial charge >= 0.3 is 0 Å². The van der Waals surface area contributed by atoms with Crippen molar-refractivity contribution in [1.82, 2.24) is 0 Å². The summed E-state index contributed by atoms with van der Waals surface area (Å²) in [6, 6.07) is 0. The highest BCUT2D eigenvalue weighted by atomic mass is 32.8. The van der Waals surface area contributed by atoms with Gasteiger partial charge in [-0.3, -0.25) is 0 Å². The van der Waals surface area contributed by atoms with Gasteiger partial charge in [0.25, 0.3) is 0 Å². The van der Waals surface area contributed by atoms with E-state index in [0.717, 1.165) is 0 Å². The normalized spacial score (nSPS) is 15.5. The molecule has 0 radical (unpaired) electrons. The van der Waals surface area contributed by atoms with Crippen molar-refractivity contribution >= 4 is 41.1 Å². The van der Waals surface area contributed by atoms with Gasteiger partial charge in [-0.25, -0.2) is 0 Å². The maximum absolute atomic E-state index is 2.83. The zero-order valence-corrected chi connectivity index (χ0v) is 8.88. The molecule has 0 aliphatic heterocycles. The molecule has 0 nitrogen and oxygen atoms in total. The summed E-state index contributed by atoms with van der Waals surface area (Å²) in [6.07, 6.45) is 0. The van der Waals surface area contributed by atoms with E-state index in [1.807, 2.05) is 0 Å². The molecule has 0 fully saturated rings. The van der Waals surface area contributed by atoms with Gasteiger partial charge in [0.1, 0.15) is 0 Å². The van der Waals surface area contributed by atoms with Crippen molar-refractivity contribution in [1.29, 1.82) is 0 Å². The Labute approximate surface area is 48.3 Å². The van der Waals surface area contributed by atoms with Crippen LogP contribution in [0.2, 0.25) is 0 Å². The summed E-state index contributed by atoms with van der Waals surface area (Å²) in [4.78, 5) is 0. The maximum atomic E-state index is 2.83. The quantitative estimate of drug-likeness (QED) is 0.538. The molecule has 0 saturated carbocycles. The molecule has 0 aromatic rings. The molecule has 0 aliphatic carbocycles. The Morgan fingerprint density at radius 3 is 1.33 bits per heavy atom. The van der Waals surface area contributed by atoms with Crippen molar-refractivity contribution in [3.05, 3.63) is 0 Å². The molecule has 0 amide bonds. The lowest BCUT2D eigenvalue weighted by atomic mass is 12.0. The third kappa shape index (κ3) is 4.31. The van der Waals surface area contributed by atoms with E-state index in [4.69, 9.17) is 0 Å². The second-order valence-corrected chi connectivity index (χ2v) is 17.5. The molecule has 0 rings (SSSR count). The molecule has 0 heterocycles. The van der Waals surface area contributed by atoms with Crippen LogP contribution in [0.25, 0.3) is 0 Å². The van der Waals surface area contributed by atoms with E-state index >= 15 is 0 Å². The van der Waals surface area contributed by atoms with Crippen molar-refractivity contribution in [3.8, 4) is 0 Å². The molecule has 0 N–H and O–H groups in total. The molecular formula is CH9P5. The minimum Gasteiger partial charge on any atom is -0.106 e. The van der Waals surface area contributed by atoms with Crippen LogP contribution in [0.4, 0.5) is 0 Å². The topological polar surface area (TPSA) is 0 Å². The molecule has 4 unspecified atom stereocenters. The van der Waals surface area contributed by atoms with Crippen LogP contribution >= 0.6 is 41.1 Å². The summed E-state index contributed by atoms with van der Waals surface area (Å²) < 4.78 is 0. The predicted molar refractivity (Wildman–Crippen MR) is 48.9 cm³/mol. The maximum Gasteiger partial charge on any atom is -0.0365 e. The van der Waals surface area contributed by atoms with E-state index < -0.39 is 0 Å². The molecule has 5 heteroatoms. The van der Waals surface area contributed by atoms with Crippen LogP contribution in [0.1, 0.15) is 0 Å². The van der Waals surface area contributed by atoms with E-state index in [1.54, 1.807) is 0 Å². The second kappa shape index (κ2) is 4.07. The summed E-state index contributed by atoms with van der Waals surface area (Å²) in [5.74, 6) is 0. The average molecular weight is 176 g/mol. The summed E-state index contributed by atoms with van der Waals surface area (Å²) in [6.45, 7) is 2.46. The first kappa shape index (κ1) is 8.15. The van der Waals surface area contributed by atoms with Crippen LogP contribution in [-0.2, 0) is 0 Å². The molecule has 0 saturated heterocycles. The third-order valence-corrected chi connectivity index (χ3v) is 17.0. The lowest BCUT2D eigenvalue weighted by Gasteiger charge is -2.06. The molecule has 0 spiro atoms. The fraction of sp³-hybridized carbons (Fsp3) is 1.00. The summed E-state index contributed by atoms with van der Waals surface area (Å²) >= 11 is 0. The molecule has 38 valence electrons. The third-order valence-electron chi connectivity index (χ3n) is 0.364. The van der Waals surface area contributed by atoms with Gasteiger partial charge < -0.3 is 0 Å². The van der Waals surface area contributed by atoms with E-state index in [-0.39, 0.29) is 14.3 Å². The van der Waals surface area contributed by atoms with Gasteiger partial charge in [0.15, 0.2) is 0 Å². The SMILES string of the molecule is CP(P)P(P)P. The van der Waals surface area contributed by atoms with Gasteiger partial charge in [-0.2, -0.15) is 0 Å². The Morgan fingerprint density at radius 2 is 1.33 bits per heavy atom. The lowest BCUT2D eigenvalue weighted by Crippen LogP contribution is -1.31. The van der Waals surface area contributed by atoms with Crippen LogP contribution < -0.4 is 0 Å². The Kier molecular flexibility index (Phi) is 5.53. The zero-order chi connectivity index (χ0) is 5.15. The molecule has 0 aliphatic rings. The first-order valence-electron chi connectivity index (χ1n) is 1.42. The molecule has 0 bridgehead atoms. The highest BCUT2D eigenvalue weighted by Crippen LogP contribution is 2.81. The Bertz CT molecular complexity index is 24.9. The number of hydrogen-bond donors (Lipinski definition) is 0. The van der Waals surface area contributed by atoms with Gasteiger partial charge in [-0.1, -0.05) is 7.30 Å². The average Bonchev–Trinajstić information content (AvgIpc) is 1.36. The fourth-order valence-corrected chi connectivity index (χ4v) is 0. The summed E-state index contributed by atoms with van der Waals surface area (Å²) in [5.41, 5.74) is 0. The molecular weight excluding hydrogens is 167 g/mol. The van der Waals surface area contributed by atoms with E-state index in [9.17, 15) is 0 Å². The number of hydrogen-bond acceptors (Lipinski definition) is 0. The van der Waals surface area contributed by atoms with Crippen LogP contribution in [0.15, 0.2) is 0 Å². The Balaban J connectivity index is 2.99. The molecule has 0 aromatic heterocycles. The standard InChI is InChI=1S/CH9P5/c1-5(2)6(3)4/h2-4H2,1H3. The highest BCUT2D eigenvalue weighted by molar-refractivity contribution is 8.81. The van der Waals surface area contributed by atoms with Gasteiger partial charge in [0.05, 0.1) is 0 Å². The van der Waals surface area contributed by atoms with Crippen molar-refractivity contribution in [2.24, 2.45) is 0 Å². The minimum absolute atomic E-state index is 0.202. The largest absolute Gasteiger partial charge is 0.106 e. The Morgan fingerprint density at radius 1 is 1.17 bits per heavy atom. The van der Waals surface area contributed by atoms with Crippen LogP contribution in [0.5, 0.6) is 0 Å². The predicted octanol–water partition coefficient (Wildman–Crippen LogP) is 2.87. The highest BCUT2D eigenvalue weighted by Gasteiger charge is 1.94. The summed E-state index contributed by atoms with van der Waals surface area (Å²) in [5, 5.41) is 0. The van der Waals surface area contributed by atoms with Crippen molar-refractivity contribution in [2.75, 3.05) is 6.66 Å². The van der Waals surface area contributed by atoms with Gasteiger partial charge in [0, 0.05) is 0 Å². The van der Waals surface area contributed by atoms with Crippen LogP contribution in [0.3, 0.4) is 0 Å².